The maximum atomic E-state index is 6.19. The van der Waals surface area contributed by atoms with Gasteiger partial charge in [0.25, 0.3) is 0 Å². The highest BCUT2D eigenvalue weighted by molar-refractivity contribution is 9.10. The van der Waals surface area contributed by atoms with Crippen molar-refractivity contribution in [1.29, 1.82) is 0 Å². The standard InChI is InChI=1S/C13H15BrN2O/c1-13(6-2-3-11(13)15)12-16-9-7-8(14)4-5-10(9)17-12/h4-5,7,11H,2-3,6,15H2,1H3. The number of aromatic nitrogens is 1. The quantitative estimate of drug-likeness (QED) is 0.877. The topological polar surface area (TPSA) is 52.0 Å². The van der Waals surface area contributed by atoms with E-state index in [9.17, 15) is 0 Å². The van der Waals surface area contributed by atoms with Gasteiger partial charge in [-0.1, -0.05) is 22.4 Å². The fourth-order valence-corrected chi connectivity index (χ4v) is 2.95. The lowest BCUT2D eigenvalue weighted by Crippen LogP contribution is -2.38. The second-order valence-corrected chi connectivity index (χ2v) is 5.96. The van der Waals surface area contributed by atoms with Crippen molar-refractivity contribution in [1.82, 2.24) is 4.98 Å². The maximum absolute atomic E-state index is 6.19. The molecule has 2 N–H and O–H groups in total. The number of nitrogens with two attached hydrogens (primary N) is 1. The minimum absolute atomic E-state index is 0.106. The van der Waals surface area contributed by atoms with Crippen LogP contribution in [0, 0.1) is 0 Å². The molecule has 1 saturated carbocycles. The Balaban J connectivity index is 2.12. The van der Waals surface area contributed by atoms with Gasteiger partial charge in [-0.05, 0) is 38.0 Å². The van der Waals surface area contributed by atoms with Crippen molar-refractivity contribution < 1.29 is 4.42 Å². The second-order valence-electron chi connectivity index (χ2n) is 5.05. The zero-order chi connectivity index (χ0) is 12.0. The van der Waals surface area contributed by atoms with E-state index in [-0.39, 0.29) is 11.5 Å². The Morgan fingerprint density at radius 2 is 2.35 bits per heavy atom. The van der Waals surface area contributed by atoms with Crippen LogP contribution in [0.3, 0.4) is 0 Å². The van der Waals surface area contributed by atoms with E-state index in [1.165, 1.54) is 0 Å². The number of rotatable bonds is 1. The highest BCUT2D eigenvalue weighted by Gasteiger charge is 2.42. The van der Waals surface area contributed by atoms with Crippen LogP contribution in [0.15, 0.2) is 27.1 Å². The Hall–Kier alpha value is -0.870. The Bertz CT molecular complexity index is 566. The monoisotopic (exact) mass is 294 g/mol. The molecule has 2 atom stereocenters. The van der Waals surface area contributed by atoms with Gasteiger partial charge in [0.2, 0.25) is 5.89 Å². The summed E-state index contributed by atoms with van der Waals surface area (Å²) < 4.78 is 6.89. The smallest absolute Gasteiger partial charge is 0.202 e. The first-order valence-corrected chi connectivity index (χ1v) is 6.71. The van der Waals surface area contributed by atoms with Crippen molar-refractivity contribution >= 4 is 27.0 Å². The van der Waals surface area contributed by atoms with Crippen LogP contribution in [0.25, 0.3) is 11.1 Å². The molecule has 17 heavy (non-hydrogen) atoms. The van der Waals surface area contributed by atoms with Gasteiger partial charge >= 0.3 is 0 Å². The Kier molecular flexibility index (Phi) is 2.52. The number of fused-ring (bicyclic) bond motifs is 1. The molecular formula is C13H15BrN2O. The van der Waals surface area contributed by atoms with Crippen LogP contribution in [-0.2, 0) is 5.41 Å². The lowest BCUT2D eigenvalue weighted by atomic mass is 9.85. The highest BCUT2D eigenvalue weighted by atomic mass is 79.9. The Morgan fingerprint density at radius 3 is 3.06 bits per heavy atom. The van der Waals surface area contributed by atoms with Gasteiger partial charge in [-0.15, -0.1) is 0 Å². The number of benzene rings is 1. The molecule has 1 heterocycles. The van der Waals surface area contributed by atoms with E-state index in [1.54, 1.807) is 0 Å². The fraction of sp³-hybridized carbons (Fsp3) is 0.462. The van der Waals surface area contributed by atoms with Gasteiger partial charge in [-0.3, -0.25) is 0 Å². The average Bonchev–Trinajstić information content (AvgIpc) is 2.84. The molecule has 0 bridgehead atoms. The lowest BCUT2D eigenvalue weighted by molar-refractivity contribution is 0.332. The number of hydrogen-bond donors (Lipinski definition) is 1. The molecule has 1 aromatic carbocycles. The molecule has 0 aliphatic heterocycles. The fourth-order valence-electron chi connectivity index (χ4n) is 2.60. The Labute approximate surface area is 109 Å². The van der Waals surface area contributed by atoms with E-state index < -0.39 is 0 Å². The van der Waals surface area contributed by atoms with Crippen molar-refractivity contribution in [2.24, 2.45) is 5.73 Å². The van der Waals surface area contributed by atoms with Crippen LogP contribution in [0.2, 0.25) is 0 Å². The van der Waals surface area contributed by atoms with Gasteiger partial charge in [0.05, 0.1) is 5.41 Å². The molecule has 3 nitrogen and oxygen atoms in total. The van der Waals surface area contributed by atoms with Gasteiger partial charge in [-0.25, -0.2) is 4.98 Å². The van der Waals surface area contributed by atoms with E-state index in [4.69, 9.17) is 10.2 Å². The van der Waals surface area contributed by atoms with Crippen molar-refractivity contribution in [2.45, 2.75) is 37.6 Å². The van der Waals surface area contributed by atoms with Gasteiger partial charge < -0.3 is 10.2 Å². The van der Waals surface area contributed by atoms with Gasteiger partial charge in [-0.2, -0.15) is 0 Å². The number of hydrogen-bond acceptors (Lipinski definition) is 3. The molecule has 0 saturated heterocycles. The van der Waals surface area contributed by atoms with E-state index in [1.807, 2.05) is 18.2 Å². The molecule has 1 aliphatic carbocycles. The highest BCUT2D eigenvalue weighted by Crippen LogP contribution is 2.40. The largest absolute Gasteiger partial charge is 0.440 e. The molecule has 3 rings (SSSR count). The summed E-state index contributed by atoms with van der Waals surface area (Å²) in [6.45, 7) is 2.16. The Morgan fingerprint density at radius 1 is 1.53 bits per heavy atom. The summed E-state index contributed by atoms with van der Waals surface area (Å²) in [5.74, 6) is 0.788. The van der Waals surface area contributed by atoms with Crippen molar-refractivity contribution in [3.05, 3.63) is 28.6 Å². The summed E-state index contributed by atoms with van der Waals surface area (Å²) in [6, 6.07) is 6.04. The molecule has 2 unspecified atom stereocenters. The van der Waals surface area contributed by atoms with Gasteiger partial charge in [0.1, 0.15) is 5.52 Å². The van der Waals surface area contributed by atoms with Crippen LogP contribution < -0.4 is 5.73 Å². The van der Waals surface area contributed by atoms with Crippen LogP contribution in [0.5, 0.6) is 0 Å². The van der Waals surface area contributed by atoms with Gasteiger partial charge in [0, 0.05) is 10.5 Å². The maximum Gasteiger partial charge on any atom is 0.202 e. The summed E-state index contributed by atoms with van der Waals surface area (Å²) in [4.78, 5) is 4.60. The summed E-state index contributed by atoms with van der Waals surface area (Å²) >= 11 is 3.44. The number of nitrogens with zero attached hydrogens (tertiary/aromatic N) is 1. The molecule has 0 radical (unpaired) electrons. The van der Waals surface area contributed by atoms with Crippen molar-refractivity contribution in [2.75, 3.05) is 0 Å². The molecule has 1 aliphatic rings. The van der Waals surface area contributed by atoms with E-state index in [0.717, 1.165) is 40.7 Å². The molecule has 2 aromatic rings. The lowest BCUT2D eigenvalue weighted by Gasteiger charge is -2.24. The van der Waals surface area contributed by atoms with Crippen LogP contribution >= 0.6 is 15.9 Å². The normalized spacial score (nSPS) is 29.0. The first-order valence-electron chi connectivity index (χ1n) is 5.92. The van der Waals surface area contributed by atoms with Crippen molar-refractivity contribution in [3.63, 3.8) is 0 Å². The third-order valence-corrected chi connectivity index (χ3v) is 4.36. The average molecular weight is 295 g/mol. The summed E-state index contributed by atoms with van der Waals surface area (Å²) in [7, 11) is 0. The predicted octanol–water partition coefficient (Wildman–Crippen LogP) is 3.36. The van der Waals surface area contributed by atoms with Crippen LogP contribution in [0.4, 0.5) is 0 Å². The first kappa shape index (κ1) is 11.2. The SMILES string of the molecule is CC1(c2nc3cc(Br)ccc3o2)CCCC1N. The zero-order valence-corrected chi connectivity index (χ0v) is 11.3. The summed E-state index contributed by atoms with van der Waals surface area (Å²) in [6.07, 6.45) is 3.27. The zero-order valence-electron chi connectivity index (χ0n) is 9.74. The summed E-state index contributed by atoms with van der Waals surface area (Å²) in [5, 5.41) is 0. The third kappa shape index (κ3) is 1.70. The minimum Gasteiger partial charge on any atom is -0.440 e. The number of halogens is 1. The molecular weight excluding hydrogens is 280 g/mol. The summed E-state index contributed by atoms with van der Waals surface area (Å²) in [5.41, 5.74) is 7.82. The molecule has 1 aromatic heterocycles. The minimum atomic E-state index is -0.106. The van der Waals surface area contributed by atoms with E-state index in [2.05, 4.69) is 27.8 Å². The number of oxazole rings is 1. The molecule has 0 spiro atoms. The molecule has 0 amide bonds. The molecule has 4 heteroatoms. The third-order valence-electron chi connectivity index (χ3n) is 3.87. The van der Waals surface area contributed by atoms with E-state index in [0.29, 0.717) is 0 Å². The second kappa shape index (κ2) is 3.82. The van der Waals surface area contributed by atoms with Crippen molar-refractivity contribution in [3.8, 4) is 0 Å². The molecule has 90 valence electrons. The van der Waals surface area contributed by atoms with Gasteiger partial charge in [0.15, 0.2) is 5.58 Å². The first-order chi connectivity index (χ1) is 8.09. The van der Waals surface area contributed by atoms with E-state index >= 15 is 0 Å². The van der Waals surface area contributed by atoms with Crippen LogP contribution in [0.1, 0.15) is 32.1 Å². The molecule has 1 fully saturated rings. The van der Waals surface area contributed by atoms with Crippen LogP contribution in [-0.4, -0.2) is 11.0 Å². The predicted molar refractivity (Wildman–Crippen MR) is 70.9 cm³/mol.